The van der Waals surface area contributed by atoms with E-state index in [1.807, 2.05) is 0 Å². The maximum absolute atomic E-state index is 14.4. The van der Waals surface area contributed by atoms with Crippen molar-refractivity contribution in [2.75, 3.05) is 16.2 Å². The first kappa shape index (κ1) is 19.1. The van der Waals surface area contributed by atoms with Crippen molar-refractivity contribution in [3.63, 3.8) is 0 Å². The van der Waals surface area contributed by atoms with Gasteiger partial charge in [-0.1, -0.05) is 11.6 Å². The number of nitro groups is 1. The predicted molar refractivity (Wildman–Crippen MR) is 96.9 cm³/mol. The lowest BCUT2D eigenvalue weighted by atomic mass is 10.2. The van der Waals surface area contributed by atoms with E-state index < -0.39 is 31.3 Å². The van der Waals surface area contributed by atoms with Crippen LogP contribution in [0.5, 0.6) is 0 Å². The van der Waals surface area contributed by atoms with Crippen LogP contribution >= 0.6 is 11.6 Å². The second-order valence-electron chi connectivity index (χ2n) is 5.79. The second kappa shape index (κ2) is 7.12. The second-order valence-corrected chi connectivity index (χ2v) is 7.88. The molecule has 142 valence electrons. The van der Waals surface area contributed by atoms with Crippen LogP contribution in [0.2, 0.25) is 5.02 Å². The molecule has 8 nitrogen and oxygen atoms in total. The number of nitrogens with zero attached hydrogens (tertiary/aromatic N) is 2. The molecule has 27 heavy (non-hydrogen) atoms. The fourth-order valence-corrected chi connectivity index (χ4v) is 4.24. The number of sulfonamides is 1. The molecular formula is C16H13ClFN3O5S. The normalized spacial score (nSPS) is 14.4. The van der Waals surface area contributed by atoms with E-state index in [0.29, 0.717) is 19.4 Å². The minimum absolute atomic E-state index is 0.00458. The third-order valence-electron chi connectivity index (χ3n) is 3.97. The van der Waals surface area contributed by atoms with E-state index in [0.717, 1.165) is 18.2 Å². The van der Waals surface area contributed by atoms with Crippen molar-refractivity contribution in [1.29, 1.82) is 0 Å². The Morgan fingerprint density at radius 2 is 1.96 bits per heavy atom. The van der Waals surface area contributed by atoms with Gasteiger partial charge in [0.25, 0.3) is 15.7 Å². The number of anilines is 2. The van der Waals surface area contributed by atoms with Gasteiger partial charge in [0.2, 0.25) is 5.91 Å². The summed E-state index contributed by atoms with van der Waals surface area (Å²) in [4.78, 5) is 22.6. The van der Waals surface area contributed by atoms with Gasteiger partial charge in [0.05, 0.1) is 16.3 Å². The van der Waals surface area contributed by atoms with E-state index in [-0.39, 0.29) is 22.3 Å². The zero-order chi connectivity index (χ0) is 19.8. The highest BCUT2D eigenvalue weighted by Crippen LogP contribution is 2.31. The van der Waals surface area contributed by atoms with E-state index in [1.54, 1.807) is 0 Å². The zero-order valence-electron chi connectivity index (χ0n) is 13.7. The van der Waals surface area contributed by atoms with Crippen molar-refractivity contribution >= 4 is 44.6 Å². The van der Waals surface area contributed by atoms with Crippen molar-refractivity contribution in [2.45, 2.75) is 17.7 Å². The van der Waals surface area contributed by atoms with Crippen LogP contribution in [0.4, 0.5) is 21.5 Å². The quantitative estimate of drug-likeness (QED) is 0.597. The molecule has 0 bridgehead atoms. The summed E-state index contributed by atoms with van der Waals surface area (Å²) in [5.41, 5.74) is -0.752. The summed E-state index contributed by atoms with van der Waals surface area (Å²) >= 11 is 5.75. The largest absolute Gasteiger partial charge is 0.310 e. The summed E-state index contributed by atoms with van der Waals surface area (Å²) in [6, 6.07) is 6.57. The molecule has 1 aliphatic rings. The van der Waals surface area contributed by atoms with E-state index in [9.17, 15) is 27.7 Å². The molecule has 2 aromatic rings. The highest BCUT2D eigenvalue weighted by atomic mass is 35.5. The first-order valence-corrected chi connectivity index (χ1v) is 9.62. The molecular weight excluding hydrogens is 401 g/mol. The molecule has 0 radical (unpaired) electrons. The molecule has 0 saturated carbocycles. The number of hydrogen-bond acceptors (Lipinski definition) is 5. The Hall–Kier alpha value is -2.72. The molecule has 1 amide bonds. The van der Waals surface area contributed by atoms with Crippen LogP contribution in [0.25, 0.3) is 0 Å². The van der Waals surface area contributed by atoms with Gasteiger partial charge in [-0.05, 0) is 30.7 Å². The van der Waals surface area contributed by atoms with Gasteiger partial charge in [-0.15, -0.1) is 0 Å². The van der Waals surface area contributed by atoms with Gasteiger partial charge < -0.3 is 4.90 Å². The molecule has 1 fully saturated rings. The van der Waals surface area contributed by atoms with E-state index in [2.05, 4.69) is 4.72 Å². The molecule has 0 unspecified atom stereocenters. The third-order valence-corrected chi connectivity index (χ3v) is 5.62. The molecule has 1 N–H and O–H groups in total. The Labute approximate surface area is 158 Å². The monoisotopic (exact) mass is 413 g/mol. The van der Waals surface area contributed by atoms with Crippen molar-refractivity contribution in [1.82, 2.24) is 0 Å². The van der Waals surface area contributed by atoms with Gasteiger partial charge >= 0.3 is 0 Å². The summed E-state index contributed by atoms with van der Waals surface area (Å²) in [6.07, 6.45) is 0.942. The lowest BCUT2D eigenvalue weighted by Crippen LogP contribution is -2.24. The van der Waals surface area contributed by atoms with Crippen LogP contribution in [0.1, 0.15) is 12.8 Å². The van der Waals surface area contributed by atoms with Crippen molar-refractivity contribution in [2.24, 2.45) is 0 Å². The van der Waals surface area contributed by atoms with Gasteiger partial charge in [-0.3, -0.25) is 19.6 Å². The van der Waals surface area contributed by atoms with E-state index >= 15 is 0 Å². The molecule has 0 atom stereocenters. The smallest absolute Gasteiger partial charge is 0.289 e. The van der Waals surface area contributed by atoms with E-state index in [4.69, 9.17) is 11.6 Å². The van der Waals surface area contributed by atoms with Gasteiger partial charge in [-0.2, -0.15) is 0 Å². The Kier molecular flexibility index (Phi) is 5.03. The molecule has 0 aliphatic carbocycles. The summed E-state index contributed by atoms with van der Waals surface area (Å²) in [6.45, 7) is 0.384. The fraction of sp³-hybridized carbons (Fsp3) is 0.188. The van der Waals surface area contributed by atoms with Crippen molar-refractivity contribution < 1.29 is 22.5 Å². The lowest BCUT2D eigenvalue weighted by Gasteiger charge is -2.17. The molecule has 1 heterocycles. The molecule has 0 aromatic heterocycles. The average molecular weight is 414 g/mol. The van der Waals surface area contributed by atoms with Crippen LogP contribution in [0.15, 0.2) is 41.3 Å². The SMILES string of the molecule is O=C1CCCN1c1ccc(NS(=O)(=O)c2cc(Cl)ccc2[N+](=O)[O-])cc1F. The first-order chi connectivity index (χ1) is 12.7. The number of nitrogens with one attached hydrogen (secondary N) is 1. The molecule has 11 heteroatoms. The number of benzene rings is 2. The summed E-state index contributed by atoms with van der Waals surface area (Å²) in [7, 11) is -4.39. The standard InChI is InChI=1S/C16H13ClFN3O5S/c17-10-3-5-14(21(23)24)15(8-10)27(25,26)19-11-4-6-13(12(18)9-11)20-7-1-2-16(20)22/h3-6,8-9,19H,1-2,7H2. The topological polar surface area (TPSA) is 110 Å². The van der Waals surface area contributed by atoms with Crippen molar-refractivity contribution in [3.8, 4) is 0 Å². The Morgan fingerprint density at radius 3 is 2.56 bits per heavy atom. The van der Waals surface area contributed by atoms with E-state index in [1.165, 1.54) is 23.1 Å². The minimum Gasteiger partial charge on any atom is -0.310 e. The number of carbonyl (C=O) groups is 1. The predicted octanol–water partition coefficient (Wildman–Crippen LogP) is 3.31. The van der Waals surface area contributed by atoms with Crippen LogP contribution in [0, 0.1) is 15.9 Å². The molecule has 0 spiro atoms. The number of halogens is 2. The maximum Gasteiger partial charge on any atom is 0.289 e. The number of carbonyl (C=O) groups excluding carboxylic acids is 1. The Bertz CT molecular complexity index is 1040. The van der Waals surface area contributed by atoms with Gasteiger partial charge in [0, 0.05) is 30.1 Å². The van der Waals surface area contributed by atoms with Crippen molar-refractivity contribution in [3.05, 3.63) is 57.4 Å². The molecule has 1 aliphatic heterocycles. The average Bonchev–Trinajstić information content (AvgIpc) is 3.00. The highest BCUT2D eigenvalue weighted by molar-refractivity contribution is 7.92. The minimum atomic E-state index is -4.39. The van der Waals surface area contributed by atoms with Crippen LogP contribution in [-0.4, -0.2) is 25.8 Å². The van der Waals surface area contributed by atoms with Gasteiger partial charge in [0.1, 0.15) is 5.82 Å². The first-order valence-electron chi connectivity index (χ1n) is 7.76. The molecule has 1 saturated heterocycles. The number of amides is 1. The maximum atomic E-state index is 14.4. The number of nitro benzene ring substituents is 1. The Balaban J connectivity index is 1.93. The highest BCUT2D eigenvalue weighted by Gasteiger charge is 2.28. The van der Waals surface area contributed by atoms with Crippen LogP contribution < -0.4 is 9.62 Å². The van der Waals surface area contributed by atoms with Crippen LogP contribution in [0.3, 0.4) is 0 Å². The molecule has 2 aromatic carbocycles. The number of hydrogen-bond donors (Lipinski definition) is 1. The molecule has 3 rings (SSSR count). The van der Waals surface area contributed by atoms with Crippen LogP contribution in [-0.2, 0) is 14.8 Å². The van der Waals surface area contributed by atoms with Gasteiger partial charge in [-0.25, -0.2) is 12.8 Å². The van der Waals surface area contributed by atoms with Gasteiger partial charge in [0.15, 0.2) is 4.90 Å². The lowest BCUT2D eigenvalue weighted by molar-refractivity contribution is -0.387. The fourth-order valence-electron chi connectivity index (χ4n) is 2.76. The Morgan fingerprint density at radius 1 is 1.22 bits per heavy atom. The summed E-state index contributed by atoms with van der Waals surface area (Å²) in [5.74, 6) is -0.997. The third kappa shape index (κ3) is 3.86. The summed E-state index contributed by atoms with van der Waals surface area (Å²) < 4.78 is 41.5. The zero-order valence-corrected chi connectivity index (χ0v) is 15.3. The summed E-state index contributed by atoms with van der Waals surface area (Å²) in [5, 5.41) is 11.1. The number of rotatable bonds is 5.